The maximum Gasteiger partial charge on any atom is 0.573 e. The van der Waals surface area contributed by atoms with Crippen molar-refractivity contribution in [1.82, 2.24) is 4.31 Å². The molecular weight excluding hydrogens is 473 g/mol. The fourth-order valence-corrected chi connectivity index (χ4v) is 5.32. The number of benzene rings is 2. The summed E-state index contributed by atoms with van der Waals surface area (Å²) in [7, 11) is -4.17. The van der Waals surface area contributed by atoms with Crippen molar-refractivity contribution in [2.75, 3.05) is 24.5 Å². The van der Waals surface area contributed by atoms with E-state index >= 15 is 0 Å². The van der Waals surface area contributed by atoms with Crippen molar-refractivity contribution in [2.24, 2.45) is 0 Å². The van der Waals surface area contributed by atoms with Crippen molar-refractivity contribution in [3.8, 4) is 5.75 Å². The van der Waals surface area contributed by atoms with Crippen molar-refractivity contribution in [2.45, 2.75) is 31.1 Å². The molecule has 158 valence electrons. The van der Waals surface area contributed by atoms with Crippen LogP contribution in [0.15, 0.2) is 51.8 Å². The van der Waals surface area contributed by atoms with Gasteiger partial charge in [-0.25, -0.2) is 8.42 Å². The average Bonchev–Trinajstić information content (AvgIpc) is 2.60. The van der Waals surface area contributed by atoms with Gasteiger partial charge in [-0.05, 0) is 49.7 Å². The minimum absolute atomic E-state index is 0.150. The average molecular weight is 493 g/mol. The molecule has 1 heterocycles. The molecule has 0 aromatic heterocycles. The van der Waals surface area contributed by atoms with Gasteiger partial charge in [-0.1, -0.05) is 28.1 Å². The number of piperazine rings is 1. The van der Waals surface area contributed by atoms with E-state index < -0.39 is 27.0 Å². The highest BCUT2D eigenvalue weighted by atomic mass is 79.9. The van der Waals surface area contributed by atoms with Crippen LogP contribution in [0.25, 0.3) is 0 Å². The normalized spacial score (nSPS) is 18.7. The zero-order valence-corrected chi connectivity index (χ0v) is 18.2. The number of hydrogen-bond acceptors (Lipinski definition) is 4. The molecule has 1 fully saturated rings. The number of anilines is 1. The fraction of sp³-hybridized carbons (Fsp3) is 0.368. The summed E-state index contributed by atoms with van der Waals surface area (Å²) in [4.78, 5) is 1.59. The summed E-state index contributed by atoms with van der Waals surface area (Å²) >= 11 is 3.05. The van der Waals surface area contributed by atoms with E-state index in [-0.39, 0.29) is 23.6 Å². The molecule has 1 atom stereocenters. The molecule has 1 unspecified atom stereocenters. The van der Waals surface area contributed by atoms with Gasteiger partial charge in [0.15, 0.2) is 5.75 Å². The third kappa shape index (κ3) is 5.04. The second-order valence-corrected chi connectivity index (χ2v) is 9.71. The first-order chi connectivity index (χ1) is 13.5. The first kappa shape index (κ1) is 21.9. The van der Waals surface area contributed by atoms with Crippen LogP contribution in [0, 0.1) is 6.92 Å². The molecule has 3 rings (SSSR count). The van der Waals surface area contributed by atoms with Gasteiger partial charge in [0.2, 0.25) is 10.0 Å². The van der Waals surface area contributed by atoms with E-state index in [9.17, 15) is 21.6 Å². The van der Waals surface area contributed by atoms with E-state index in [1.54, 1.807) is 0 Å². The van der Waals surface area contributed by atoms with Crippen LogP contribution in [-0.2, 0) is 10.0 Å². The van der Waals surface area contributed by atoms with E-state index in [1.165, 1.54) is 10.4 Å². The minimum Gasteiger partial charge on any atom is -0.404 e. The number of alkyl halides is 3. The smallest absolute Gasteiger partial charge is 0.404 e. The summed E-state index contributed by atoms with van der Waals surface area (Å²) in [5.41, 5.74) is 2.08. The van der Waals surface area contributed by atoms with Crippen molar-refractivity contribution in [3.63, 3.8) is 0 Å². The lowest BCUT2D eigenvalue weighted by atomic mass is 10.1. The van der Waals surface area contributed by atoms with Gasteiger partial charge < -0.3 is 9.64 Å². The van der Waals surface area contributed by atoms with E-state index in [0.717, 1.165) is 23.4 Å². The summed E-state index contributed by atoms with van der Waals surface area (Å²) in [6, 6.07) is 11.2. The summed E-state index contributed by atoms with van der Waals surface area (Å²) in [5, 5.41) is 0. The second kappa shape index (κ2) is 8.16. The molecule has 0 N–H and O–H groups in total. The van der Waals surface area contributed by atoms with Crippen LogP contribution in [0.1, 0.15) is 12.5 Å². The maximum atomic E-state index is 13.1. The number of halogens is 4. The molecule has 0 aliphatic carbocycles. The van der Waals surface area contributed by atoms with Gasteiger partial charge in [0.05, 0.1) is 0 Å². The molecule has 0 saturated carbocycles. The molecule has 0 amide bonds. The van der Waals surface area contributed by atoms with Crippen LogP contribution < -0.4 is 9.64 Å². The van der Waals surface area contributed by atoms with Gasteiger partial charge in [-0.2, -0.15) is 4.31 Å². The first-order valence-corrected chi connectivity index (χ1v) is 11.1. The Bertz CT molecular complexity index is 998. The molecule has 2 aromatic carbocycles. The Kier molecular flexibility index (Phi) is 6.16. The van der Waals surface area contributed by atoms with Crippen LogP contribution in [0.4, 0.5) is 18.9 Å². The van der Waals surface area contributed by atoms with E-state index in [1.807, 2.05) is 38.1 Å². The number of sulfonamides is 1. The van der Waals surface area contributed by atoms with Crippen LogP contribution in [0.5, 0.6) is 5.75 Å². The van der Waals surface area contributed by atoms with Crippen molar-refractivity contribution in [3.05, 3.63) is 52.5 Å². The lowest BCUT2D eigenvalue weighted by molar-refractivity contribution is -0.275. The standard InChI is InChI=1S/C19H20BrF3N2O3S/c1-13-4-3-5-16(10-13)25-9-8-24(12-14(25)2)29(26,27)18-7-6-15(20)11-17(18)28-19(21,22)23/h3-7,10-11,14H,8-9,12H2,1-2H3. The summed E-state index contributed by atoms with van der Waals surface area (Å²) in [5.74, 6) is -0.749. The van der Waals surface area contributed by atoms with Crippen molar-refractivity contribution < 1.29 is 26.3 Å². The molecule has 2 aromatic rings. The Balaban J connectivity index is 1.86. The van der Waals surface area contributed by atoms with E-state index in [2.05, 4.69) is 25.6 Å². The Hall–Kier alpha value is -1.78. The predicted molar refractivity (Wildman–Crippen MR) is 108 cm³/mol. The van der Waals surface area contributed by atoms with Gasteiger partial charge in [0.1, 0.15) is 4.90 Å². The quantitative estimate of drug-likeness (QED) is 0.627. The summed E-state index contributed by atoms with van der Waals surface area (Å²) < 4.78 is 69.9. The second-order valence-electron chi connectivity index (χ2n) is 6.88. The topological polar surface area (TPSA) is 49.9 Å². The van der Waals surface area contributed by atoms with Crippen molar-refractivity contribution in [1.29, 1.82) is 0 Å². The Morgan fingerprint density at radius 2 is 1.86 bits per heavy atom. The first-order valence-electron chi connectivity index (χ1n) is 8.86. The third-order valence-corrected chi connectivity index (χ3v) is 7.07. The largest absolute Gasteiger partial charge is 0.573 e. The molecule has 0 bridgehead atoms. The predicted octanol–water partition coefficient (Wildman–Crippen LogP) is 4.56. The van der Waals surface area contributed by atoms with Gasteiger partial charge in [0, 0.05) is 35.8 Å². The van der Waals surface area contributed by atoms with Gasteiger partial charge in [0.25, 0.3) is 0 Å². The van der Waals surface area contributed by atoms with Gasteiger partial charge in [-0.15, -0.1) is 13.2 Å². The lowest BCUT2D eigenvalue weighted by Gasteiger charge is -2.40. The number of nitrogens with zero attached hydrogens (tertiary/aromatic N) is 2. The summed E-state index contributed by atoms with van der Waals surface area (Å²) in [6.45, 7) is 4.60. The minimum atomic E-state index is -5.00. The van der Waals surface area contributed by atoms with E-state index in [4.69, 9.17) is 0 Å². The highest BCUT2D eigenvalue weighted by Gasteiger charge is 2.38. The third-order valence-electron chi connectivity index (χ3n) is 4.67. The molecule has 1 aliphatic rings. The number of aryl methyl sites for hydroxylation is 1. The highest BCUT2D eigenvalue weighted by molar-refractivity contribution is 9.10. The number of ether oxygens (including phenoxy) is 1. The van der Waals surface area contributed by atoms with E-state index in [0.29, 0.717) is 6.54 Å². The molecular formula is C19H20BrF3N2O3S. The summed E-state index contributed by atoms with van der Waals surface area (Å²) in [6.07, 6.45) is -5.00. The van der Waals surface area contributed by atoms with Crippen LogP contribution in [0.3, 0.4) is 0 Å². The van der Waals surface area contributed by atoms with Crippen molar-refractivity contribution >= 4 is 31.6 Å². The Morgan fingerprint density at radius 1 is 1.14 bits per heavy atom. The van der Waals surface area contributed by atoms with Gasteiger partial charge in [-0.3, -0.25) is 0 Å². The van der Waals surface area contributed by atoms with Gasteiger partial charge >= 0.3 is 6.36 Å². The van der Waals surface area contributed by atoms with Crippen LogP contribution >= 0.6 is 15.9 Å². The molecule has 10 heteroatoms. The van der Waals surface area contributed by atoms with Crippen LogP contribution in [0.2, 0.25) is 0 Å². The molecule has 0 radical (unpaired) electrons. The maximum absolute atomic E-state index is 13.1. The monoisotopic (exact) mass is 492 g/mol. The van der Waals surface area contributed by atoms with Crippen LogP contribution in [-0.4, -0.2) is 44.8 Å². The number of rotatable bonds is 4. The molecule has 0 spiro atoms. The zero-order chi connectivity index (χ0) is 21.4. The molecule has 1 aliphatic heterocycles. The lowest BCUT2D eigenvalue weighted by Crippen LogP contribution is -2.53. The number of hydrogen-bond donors (Lipinski definition) is 0. The zero-order valence-electron chi connectivity index (χ0n) is 15.8. The Labute approximate surface area is 176 Å². The molecule has 5 nitrogen and oxygen atoms in total. The fourth-order valence-electron chi connectivity index (χ4n) is 3.37. The Morgan fingerprint density at radius 3 is 2.48 bits per heavy atom. The highest BCUT2D eigenvalue weighted by Crippen LogP contribution is 2.35. The molecule has 29 heavy (non-hydrogen) atoms. The molecule has 1 saturated heterocycles. The SMILES string of the molecule is Cc1cccc(N2CCN(S(=O)(=O)c3ccc(Br)cc3OC(F)(F)F)CC2C)c1.